The fourth-order valence-electron chi connectivity index (χ4n) is 3.44. The lowest BCUT2D eigenvalue weighted by atomic mass is 9.97. The van der Waals surface area contributed by atoms with Crippen LogP contribution in [0.5, 0.6) is 11.5 Å². The van der Waals surface area contributed by atoms with E-state index in [2.05, 4.69) is 0 Å². The molecule has 1 aliphatic rings. The van der Waals surface area contributed by atoms with E-state index in [1.807, 2.05) is 54.6 Å². The van der Waals surface area contributed by atoms with Crippen molar-refractivity contribution in [1.29, 1.82) is 0 Å². The fraction of sp³-hybridized carbons (Fsp3) is 0.409. The molecule has 1 saturated heterocycles. The van der Waals surface area contributed by atoms with Crippen molar-refractivity contribution >= 4 is 5.91 Å². The average Bonchev–Trinajstić information content (AvgIpc) is 2.71. The predicted molar refractivity (Wildman–Crippen MR) is 104 cm³/mol. The van der Waals surface area contributed by atoms with E-state index < -0.39 is 6.10 Å². The van der Waals surface area contributed by atoms with Crippen molar-refractivity contribution < 1.29 is 19.4 Å². The topological polar surface area (TPSA) is 59.0 Å². The molecule has 5 nitrogen and oxygen atoms in total. The van der Waals surface area contributed by atoms with Gasteiger partial charge in [0.1, 0.15) is 30.8 Å². The lowest BCUT2D eigenvalue weighted by Crippen LogP contribution is -2.50. The van der Waals surface area contributed by atoms with Gasteiger partial charge >= 0.3 is 0 Å². The average molecular weight is 369 g/mol. The largest absolute Gasteiger partial charge is 0.491 e. The molecule has 2 atom stereocenters. The molecule has 0 aliphatic carbocycles. The number of aliphatic hydroxyl groups excluding tert-OH is 1. The Morgan fingerprint density at radius 1 is 1.11 bits per heavy atom. The number of carbonyl (C=O) groups excluding carboxylic acids is 1. The number of amides is 1. The van der Waals surface area contributed by atoms with Gasteiger partial charge in [-0.2, -0.15) is 0 Å². The molecule has 0 unspecified atom stereocenters. The molecule has 1 aliphatic heterocycles. The zero-order valence-corrected chi connectivity index (χ0v) is 15.7. The Kier molecular flexibility index (Phi) is 6.71. The number of likely N-dealkylation sites (tertiary alicyclic amines) is 1. The van der Waals surface area contributed by atoms with Gasteiger partial charge in [-0.3, -0.25) is 4.79 Å². The summed E-state index contributed by atoms with van der Waals surface area (Å²) >= 11 is 0. The summed E-state index contributed by atoms with van der Waals surface area (Å²) in [5.41, 5.74) is 1.10. The molecule has 2 aromatic rings. The third kappa shape index (κ3) is 5.47. The van der Waals surface area contributed by atoms with Crippen LogP contribution in [0.3, 0.4) is 0 Å². The van der Waals surface area contributed by atoms with Crippen LogP contribution in [0, 0.1) is 0 Å². The molecule has 144 valence electrons. The first-order valence-electron chi connectivity index (χ1n) is 9.48. The van der Waals surface area contributed by atoms with E-state index in [0.29, 0.717) is 24.7 Å². The van der Waals surface area contributed by atoms with Crippen LogP contribution in [0.4, 0.5) is 0 Å². The van der Waals surface area contributed by atoms with E-state index in [4.69, 9.17) is 9.47 Å². The molecule has 3 rings (SSSR count). The van der Waals surface area contributed by atoms with Gasteiger partial charge < -0.3 is 19.5 Å². The number of nitrogens with zero attached hydrogens (tertiary/aromatic N) is 1. The van der Waals surface area contributed by atoms with Crippen LogP contribution in [0.2, 0.25) is 0 Å². The zero-order valence-electron chi connectivity index (χ0n) is 15.7. The number of rotatable bonds is 7. The number of aliphatic hydroxyl groups is 1. The normalized spacial score (nSPS) is 18.0. The standard InChI is InChI=1S/C22H27NO4/c1-17(24)23-13-6-5-12-21(23)22(25)16-27-20-11-7-10-19(14-20)26-15-18-8-3-2-4-9-18/h2-4,7-11,14,21-22,25H,5-6,12-13,15-16H2,1H3/t21-,22-/m1/s1. The summed E-state index contributed by atoms with van der Waals surface area (Å²) in [6.45, 7) is 2.90. The van der Waals surface area contributed by atoms with Crippen molar-refractivity contribution in [3.05, 3.63) is 60.2 Å². The molecule has 5 heteroatoms. The first-order chi connectivity index (χ1) is 13.1. The molecule has 1 N–H and O–H groups in total. The van der Waals surface area contributed by atoms with E-state index in [1.54, 1.807) is 11.8 Å². The van der Waals surface area contributed by atoms with Crippen molar-refractivity contribution in [2.24, 2.45) is 0 Å². The summed E-state index contributed by atoms with van der Waals surface area (Å²) in [6.07, 6.45) is 2.12. The number of benzene rings is 2. The minimum absolute atomic E-state index is 0.00931. The maximum Gasteiger partial charge on any atom is 0.219 e. The van der Waals surface area contributed by atoms with Gasteiger partial charge in [-0.1, -0.05) is 36.4 Å². The zero-order chi connectivity index (χ0) is 19.1. The van der Waals surface area contributed by atoms with Gasteiger partial charge in [0.2, 0.25) is 5.91 Å². The highest BCUT2D eigenvalue weighted by molar-refractivity contribution is 5.73. The summed E-state index contributed by atoms with van der Waals surface area (Å²) in [5, 5.41) is 10.5. The first-order valence-corrected chi connectivity index (χ1v) is 9.48. The molecular formula is C22H27NO4. The fourth-order valence-corrected chi connectivity index (χ4v) is 3.44. The Balaban J connectivity index is 1.53. The quantitative estimate of drug-likeness (QED) is 0.813. The van der Waals surface area contributed by atoms with Crippen LogP contribution in [0.15, 0.2) is 54.6 Å². The summed E-state index contributed by atoms with van der Waals surface area (Å²) in [7, 11) is 0. The van der Waals surface area contributed by atoms with Gasteiger partial charge in [0, 0.05) is 19.5 Å². The smallest absolute Gasteiger partial charge is 0.219 e. The Bertz CT molecular complexity index is 734. The van der Waals surface area contributed by atoms with Gasteiger partial charge in [-0.15, -0.1) is 0 Å². The lowest BCUT2D eigenvalue weighted by molar-refractivity contribution is -0.136. The van der Waals surface area contributed by atoms with Crippen molar-refractivity contribution in [2.45, 2.75) is 44.9 Å². The van der Waals surface area contributed by atoms with E-state index in [1.165, 1.54) is 0 Å². The van der Waals surface area contributed by atoms with E-state index in [0.717, 1.165) is 24.8 Å². The van der Waals surface area contributed by atoms with E-state index in [9.17, 15) is 9.90 Å². The summed E-state index contributed by atoms with van der Waals surface area (Å²) < 4.78 is 11.6. The molecule has 0 radical (unpaired) electrons. The molecule has 0 aromatic heterocycles. The molecule has 1 fully saturated rings. The van der Waals surface area contributed by atoms with Gasteiger partial charge in [0.15, 0.2) is 0 Å². The van der Waals surface area contributed by atoms with Crippen LogP contribution >= 0.6 is 0 Å². The van der Waals surface area contributed by atoms with Crippen LogP contribution in [0.25, 0.3) is 0 Å². The van der Waals surface area contributed by atoms with Crippen LogP contribution in [-0.4, -0.2) is 41.2 Å². The third-order valence-electron chi connectivity index (χ3n) is 4.87. The maximum absolute atomic E-state index is 11.8. The third-order valence-corrected chi connectivity index (χ3v) is 4.87. The monoisotopic (exact) mass is 369 g/mol. The highest BCUT2D eigenvalue weighted by Crippen LogP contribution is 2.23. The molecule has 0 bridgehead atoms. The molecule has 0 saturated carbocycles. The molecule has 1 heterocycles. The second-order valence-corrected chi connectivity index (χ2v) is 6.90. The minimum Gasteiger partial charge on any atom is -0.491 e. The van der Waals surface area contributed by atoms with Crippen LogP contribution < -0.4 is 9.47 Å². The first kappa shape index (κ1) is 19.2. The number of ether oxygens (including phenoxy) is 2. The summed E-state index contributed by atoms with van der Waals surface area (Å²) in [6, 6.07) is 17.2. The van der Waals surface area contributed by atoms with Gasteiger partial charge in [-0.05, 0) is 37.0 Å². The van der Waals surface area contributed by atoms with Crippen molar-refractivity contribution in [3.8, 4) is 11.5 Å². The molecular weight excluding hydrogens is 342 g/mol. The van der Waals surface area contributed by atoms with Crippen LogP contribution in [-0.2, 0) is 11.4 Å². The van der Waals surface area contributed by atoms with Crippen molar-refractivity contribution in [3.63, 3.8) is 0 Å². The molecule has 1 amide bonds. The van der Waals surface area contributed by atoms with Crippen molar-refractivity contribution in [2.75, 3.05) is 13.2 Å². The highest BCUT2D eigenvalue weighted by Gasteiger charge is 2.30. The summed E-state index contributed by atoms with van der Waals surface area (Å²) in [5.74, 6) is 1.37. The van der Waals surface area contributed by atoms with Gasteiger partial charge in [-0.25, -0.2) is 0 Å². The summed E-state index contributed by atoms with van der Waals surface area (Å²) in [4.78, 5) is 13.5. The Morgan fingerprint density at radius 3 is 2.59 bits per heavy atom. The van der Waals surface area contributed by atoms with E-state index >= 15 is 0 Å². The number of piperidine rings is 1. The molecule has 2 aromatic carbocycles. The Labute approximate surface area is 160 Å². The second kappa shape index (κ2) is 9.42. The minimum atomic E-state index is -0.705. The number of carbonyl (C=O) groups is 1. The van der Waals surface area contributed by atoms with E-state index in [-0.39, 0.29) is 18.6 Å². The Morgan fingerprint density at radius 2 is 1.85 bits per heavy atom. The molecule has 27 heavy (non-hydrogen) atoms. The second-order valence-electron chi connectivity index (χ2n) is 6.90. The van der Waals surface area contributed by atoms with Crippen LogP contribution in [0.1, 0.15) is 31.7 Å². The lowest BCUT2D eigenvalue weighted by Gasteiger charge is -2.37. The number of hydrogen-bond donors (Lipinski definition) is 1. The predicted octanol–water partition coefficient (Wildman–Crippen LogP) is 3.41. The highest BCUT2D eigenvalue weighted by atomic mass is 16.5. The number of hydrogen-bond acceptors (Lipinski definition) is 4. The maximum atomic E-state index is 11.8. The Hall–Kier alpha value is -2.53. The van der Waals surface area contributed by atoms with Crippen molar-refractivity contribution in [1.82, 2.24) is 4.90 Å². The van der Waals surface area contributed by atoms with Gasteiger partial charge in [0.25, 0.3) is 0 Å². The SMILES string of the molecule is CC(=O)N1CCCC[C@@H]1[C@H](O)COc1cccc(OCc2ccccc2)c1. The van der Waals surface area contributed by atoms with Gasteiger partial charge in [0.05, 0.1) is 6.04 Å². The molecule has 0 spiro atoms.